The molecule has 1 aliphatic heterocycles. The number of hydrazine groups is 1. The Morgan fingerprint density at radius 3 is 2.68 bits per heavy atom. The van der Waals surface area contributed by atoms with Gasteiger partial charge < -0.3 is 10.1 Å². The summed E-state index contributed by atoms with van der Waals surface area (Å²) in [6, 6.07) is 9.31. The van der Waals surface area contributed by atoms with Gasteiger partial charge in [0.15, 0.2) is 0 Å². The summed E-state index contributed by atoms with van der Waals surface area (Å²) >= 11 is 0. The molecule has 3 N–H and O–H groups in total. The van der Waals surface area contributed by atoms with Crippen molar-refractivity contribution in [3.63, 3.8) is 0 Å². The molecular weight excluding hydrogens is 238 g/mol. The van der Waals surface area contributed by atoms with E-state index in [9.17, 15) is 0 Å². The zero-order valence-corrected chi connectivity index (χ0v) is 12.1. The molecule has 3 atom stereocenters. The number of likely N-dealkylation sites (N-methyl/N-ethyl adjacent to an activating group) is 1. The number of hydrogen-bond acceptors (Lipinski definition) is 4. The molecule has 3 unspecified atom stereocenters. The van der Waals surface area contributed by atoms with E-state index in [2.05, 4.69) is 54.3 Å². The minimum Gasteiger partial charge on any atom is -0.491 e. The standard InChI is InChI=1S/C15H25N3O/c1-4-11(2)19-14-7-5-12(6-8-14)15-9-13(10-16-3)17-18-15/h5-8,11,13,15-18H,4,9-10H2,1-3H3. The molecule has 4 nitrogen and oxygen atoms in total. The first-order valence-electron chi connectivity index (χ1n) is 7.15. The summed E-state index contributed by atoms with van der Waals surface area (Å²) in [5, 5.41) is 3.20. The van der Waals surface area contributed by atoms with Gasteiger partial charge in [-0.25, -0.2) is 5.43 Å². The smallest absolute Gasteiger partial charge is 0.119 e. The third kappa shape index (κ3) is 3.93. The fourth-order valence-electron chi connectivity index (χ4n) is 2.32. The van der Waals surface area contributed by atoms with Crippen molar-refractivity contribution in [3.8, 4) is 5.75 Å². The number of ether oxygens (including phenoxy) is 1. The van der Waals surface area contributed by atoms with Crippen molar-refractivity contribution in [2.45, 2.75) is 44.9 Å². The Balaban J connectivity index is 1.92. The molecule has 0 aliphatic carbocycles. The van der Waals surface area contributed by atoms with E-state index in [4.69, 9.17) is 4.74 Å². The van der Waals surface area contributed by atoms with Gasteiger partial charge in [-0.3, -0.25) is 5.43 Å². The van der Waals surface area contributed by atoms with Crippen LogP contribution < -0.4 is 20.9 Å². The van der Waals surface area contributed by atoms with E-state index in [0.29, 0.717) is 12.1 Å². The Labute approximate surface area is 115 Å². The second-order valence-electron chi connectivity index (χ2n) is 5.24. The van der Waals surface area contributed by atoms with Crippen molar-refractivity contribution < 1.29 is 4.74 Å². The van der Waals surface area contributed by atoms with Gasteiger partial charge in [-0.2, -0.15) is 0 Å². The Morgan fingerprint density at radius 2 is 2.05 bits per heavy atom. The molecular formula is C15H25N3O. The van der Waals surface area contributed by atoms with Gasteiger partial charge in [0, 0.05) is 18.6 Å². The highest BCUT2D eigenvalue weighted by Gasteiger charge is 2.24. The first-order valence-corrected chi connectivity index (χ1v) is 7.15. The maximum Gasteiger partial charge on any atom is 0.119 e. The lowest BCUT2D eigenvalue weighted by Crippen LogP contribution is -2.36. The zero-order valence-electron chi connectivity index (χ0n) is 12.1. The SMILES string of the molecule is CCC(C)Oc1ccc(C2CC(CNC)NN2)cc1. The maximum atomic E-state index is 5.79. The molecule has 0 bridgehead atoms. The minimum atomic E-state index is 0.275. The fraction of sp³-hybridized carbons (Fsp3) is 0.600. The van der Waals surface area contributed by atoms with Gasteiger partial charge in [0.05, 0.1) is 6.10 Å². The van der Waals surface area contributed by atoms with Crippen LogP contribution in [0, 0.1) is 0 Å². The van der Waals surface area contributed by atoms with Gasteiger partial charge in [-0.05, 0) is 44.5 Å². The number of nitrogens with one attached hydrogen (secondary N) is 3. The predicted molar refractivity (Wildman–Crippen MR) is 78.2 cm³/mol. The van der Waals surface area contributed by atoms with Crippen molar-refractivity contribution >= 4 is 0 Å². The third-order valence-corrected chi connectivity index (χ3v) is 3.63. The minimum absolute atomic E-state index is 0.275. The van der Waals surface area contributed by atoms with E-state index in [1.54, 1.807) is 0 Å². The van der Waals surface area contributed by atoms with Crippen LogP contribution in [-0.2, 0) is 0 Å². The monoisotopic (exact) mass is 263 g/mol. The molecule has 1 heterocycles. The first kappa shape index (κ1) is 14.3. The fourth-order valence-corrected chi connectivity index (χ4v) is 2.32. The largest absolute Gasteiger partial charge is 0.491 e. The van der Waals surface area contributed by atoms with Crippen LogP contribution in [0.4, 0.5) is 0 Å². The molecule has 0 aromatic heterocycles. The summed E-state index contributed by atoms with van der Waals surface area (Å²) < 4.78 is 5.79. The van der Waals surface area contributed by atoms with Gasteiger partial charge in [0.2, 0.25) is 0 Å². The summed E-state index contributed by atoms with van der Waals surface area (Å²) in [6.45, 7) is 5.21. The second-order valence-corrected chi connectivity index (χ2v) is 5.24. The second kappa shape index (κ2) is 6.89. The number of benzene rings is 1. The summed E-state index contributed by atoms with van der Waals surface area (Å²) in [4.78, 5) is 0. The predicted octanol–water partition coefficient (Wildman–Crippen LogP) is 1.99. The molecule has 1 saturated heterocycles. The zero-order chi connectivity index (χ0) is 13.7. The van der Waals surface area contributed by atoms with Crippen LogP contribution in [0.5, 0.6) is 5.75 Å². The van der Waals surface area contributed by atoms with E-state index in [1.165, 1.54) is 5.56 Å². The van der Waals surface area contributed by atoms with Crippen molar-refractivity contribution in [2.24, 2.45) is 0 Å². The van der Waals surface area contributed by atoms with Crippen LogP contribution in [-0.4, -0.2) is 25.7 Å². The molecule has 106 valence electrons. The average molecular weight is 263 g/mol. The van der Waals surface area contributed by atoms with Crippen LogP contribution >= 0.6 is 0 Å². The van der Waals surface area contributed by atoms with Crippen LogP contribution in [0.15, 0.2) is 24.3 Å². The third-order valence-electron chi connectivity index (χ3n) is 3.63. The molecule has 4 heteroatoms. The Kier molecular flexibility index (Phi) is 5.19. The van der Waals surface area contributed by atoms with Crippen LogP contribution in [0.1, 0.15) is 38.3 Å². The number of hydrogen-bond donors (Lipinski definition) is 3. The molecule has 19 heavy (non-hydrogen) atoms. The van der Waals surface area contributed by atoms with Crippen molar-refractivity contribution in [3.05, 3.63) is 29.8 Å². The highest BCUT2D eigenvalue weighted by atomic mass is 16.5. The molecule has 1 aliphatic rings. The summed E-state index contributed by atoms with van der Waals surface area (Å²) in [6.07, 6.45) is 2.41. The van der Waals surface area contributed by atoms with Crippen LogP contribution in [0.25, 0.3) is 0 Å². The van der Waals surface area contributed by atoms with Crippen molar-refractivity contribution in [2.75, 3.05) is 13.6 Å². The van der Waals surface area contributed by atoms with E-state index >= 15 is 0 Å². The molecule has 0 amide bonds. The summed E-state index contributed by atoms with van der Waals surface area (Å²) in [7, 11) is 1.98. The molecule has 1 aromatic carbocycles. The Morgan fingerprint density at radius 1 is 1.32 bits per heavy atom. The van der Waals surface area contributed by atoms with E-state index in [1.807, 2.05) is 7.05 Å². The normalized spacial score (nSPS) is 24.4. The van der Waals surface area contributed by atoms with Crippen LogP contribution in [0.2, 0.25) is 0 Å². The van der Waals surface area contributed by atoms with Crippen molar-refractivity contribution in [1.82, 2.24) is 16.2 Å². The van der Waals surface area contributed by atoms with Gasteiger partial charge in [-0.15, -0.1) is 0 Å². The molecule has 2 rings (SSSR count). The Hall–Kier alpha value is -1.10. The van der Waals surface area contributed by atoms with Crippen molar-refractivity contribution in [1.29, 1.82) is 0 Å². The topological polar surface area (TPSA) is 45.3 Å². The lowest BCUT2D eigenvalue weighted by atomic mass is 10.0. The highest BCUT2D eigenvalue weighted by Crippen LogP contribution is 2.24. The van der Waals surface area contributed by atoms with Gasteiger partial charge >= 0.3 is 0 Å². The lowest BCUT2D eigenvalue weighted by molar-refractivity contribution is 0.217. The molecule has 0 radical (unpaired) electrons. The van der Waals surface area contributed by atoms with Gasteiger partial charge in [-0.1, -0.05) is 19.1 Å². The lowest BCUT2D eigenvalue weighted by Gasteiger charge is -2.14. The van der Waals surface area contributed by atoms with E-state index in [0.717, 1.165) is 25.1 Å². The summed E-state index contributed by atoms with van der Waals surface area (Å²) in [5.41, 5.74) is 7.97. The summed E-state index contributed by atoms with van der Waals surface area (Å²) in [5.74, 6) is 0.954. The molecule has 1 aromatic rings. The molecule has 0 spiro atoms. The van der Waals surface area contributed by atoms with Gasteiger partial charge in [0.25, 0.3) is 0 Å². The average Bonchev–Trinajstić information content (AvgIpc) is 2.88. The van der Waals surface area contributed by atoms with E-state index < -0.39 is 0 Å². The number of rotatable bonds is 6. The molecule has 1 fully saturated rings. The Bertz CT molecular complexity index is 379. The maximum absolute atomic E-state index is 5.79. The quantitative estimate of drug-likeness (QED) is 0.734. The van der Waals surface area contributed by atoms with Crippen LogP contribution in [0.3, 0.4) is 0 Å². The molecule has 0 saturated carbocycles. The highest BCUT2D eigenvalue weighted by molar-refractivity contribution is 5.29. The van der Waals surface area contributed by atoms with E-state index in [-0.39, 0.29) is 6.10 Å². The first-order chi connectivity index (χ1) is 9.22. The van der Waals surface area contributed by atoms with Gasteiger partial charge in [0.1, 0.15) is 5.75 Å².